The summed E-state index contributed by atoms with van der Waals surface area (Å²) in [5.74, 6) is 0.901. The van der Waals surface area contributed by atoms with E-state index in [0.717, 1.165) is 25.2 Å². The standard InChI is InChI=1S/C15H28F2.C2H6/c1-5-13(15(17)14(16)10(2)3)12-8-6-11(4)7-9-12;1-2/h10-15H,5-9H2,1-4H3;1-2H3. The van der Waals surface area contributed by atoms with Crippen molar-refractivity contribution in [2.24, 2.45) is 23.7 Å². The molecule has 1 saturated carbocycles. The van der Waals surface area contributed by atoms with Crippen LogP contribution < -0.4 is 0 Å². The van der Waals surface area contributed by atoms with Gasteiger partial charge in [-0.25, -0.2) is 8.78 Å². The summed E-state index contributed by atoms with van der Waals surface area (Å²) in [7, 11) is 0. The maximum atomic E-state index is 14.2. The fraction of sp³-hybridized carbons (Fsp3) is 1.00. The highest BCUT2D eigenvalue weighted by Gasteiger charge is 2.36. The Labute approximate surface area is 119 Å². The average Bonchev–Trinajstić information content (AvgIpc) is 2.42. The molecule has 1 aliphatic carbocycles. The number of hydrogen-bond acceptors (Lipinski definition) is 0. The lowest BCUT2D eigenvalue weighted by molar-refractivity contribution is 0.0358. The van der Waals surface area contributed by atoms with Crippen molar-refractivity contribution in [3.63, 3.8) is 0 Å². The zero-order chi connectivity index (χ0) is 15.0. The lowest BCUT2D eigenvalue weighted by Gasteiger charge is -2.35. The molecule has 2 heteroatoms. The van der Waals surface area contributed by atoms with E-state index in [4.69, 9.17) is 0 Å². The first-order valence-electron chi connectivity index (χ1n) is 8.25. The van der Waals surface area contributed by atoms with Gasteiger partial charge in [0.05, 0.1) is 0 Å². The summed E-state index contributed by atoms with van der Waals surface area (Å²) in [4.78, 5) is 0. The monoisotopic (exact) mass is 276 g/mol. The molecule has 0 aliphatic heterocycles. The van der Waals surface area contributed by atoms with Gasteiger partial charge in [-0.3, -0.25) is 0 Å². The SMILES string of the molecule is CC.CCC(C1CCC(C)CC1)C(F)C(F)C(C)C. The molecule has 19 heavy (non-hydrogen) atoms. The molecule has 0 amide bonds. The van der Waals surface area contributed by atoms with E-state index >= 15 is 0 Å². The molecule has 0 aromatic heterocycles. The van der Waals surface area contributed by atoms with Crippen molar-refractivity contribution in [1.29, 1.82) is 0 Å². The topological polar surface area (TPSA) is 0 Å². The van der Waals surface area contributed by atoms with Crippen LogP contribution in [0.3, 0.4) is 0 Å². The van der Waals surface area contributed by atoms with Crippen LogP contribution >= 0.6 is 0 Å². The highest BCUT2D eigenvalue weighted by atomic mass is 19.2. The molecule has 0 aromatic carbocycles. The van der Waals surface area contributed by atoms with Crippen molar-refractivity contribution in [1.82, 2.24) is 0 Å². The second kappa shape index (κ2) is 9.72. The zero-order valence-electron chi connectivity index (χ0n) is 13.8. The van der Waals surface area contributed by atoms with Crippen molar-refractivity contribution in [2.75, 3.05) is 0 Å². The minimum atomic E-state index is -1.29. The van der Waals surface area contributed by atoms with Gasteiger partial charge >= 0.3 is 0 Å². The van der Waals surface area contributed by atoms with Gasteiger partial charge in [0.15, 0.2) is 0 Å². The van der Waals surface area contributed by atoms with Crippen molar-refractivity contribution >= 4 is 0 Å². The second-order valence-electron chi connectivity index (χ2n) is 6.22. The zero-order valence-corrected chi connectivity index (χ0v) is 13.8. The fourth-order valence-electron chi connectivity index (χ4n) is 3.14. The maximum absolute atomic E-state index is 14.2. The van der Waals surface area contributed by atoms with Crippen molar-refractivity contribution < 1.29 is 8.78 Å². The van der Waals surface area contributed by atoms with Gasteiger partial charge in [-0.1, -0.05) is 60.8 Å². The molecule has 0 N–H and O–H groups in total. The van der Waals surface area contributed by atoms with E-state index in [-0.39, 0.29) is 11.8 Å². The van der Waals surface area contributed by atoms with E-state index in [9.17, 15) is 8.78 Å². The average molecular weight is 276 g/mol. The third-order valence-electron chi connectivity index (χ3n) is 4.49. The molecule has 0 radical (unpaired) electrons. The van der Waals surface area contributed by atoms with Gasteiger partial charge in [-0.05, 0) is 36.5 Å². The van der Waals surface area contributed by atoms with Crippen LogP contribution in [-0.4, -0.2) is 12.3 Å². The van der Waals surface area contributed by atoms with E-state index < -0.39 is 12.3 Å². The van der Waals surface area contributed by atoms with Crippen LogP contribution in [-0.2, 0) is 0 Å². The van der Waals surface area contributed by atoms with E-state index in [1.807, 2.05) is 20.8 Å². The molecular weight excluding hydrogens is 242 g/mol. The Morgan fingerprint density at radius 2 is 1.42 bits per heavy atom. The molecule has 0 spiro atoms. The van der Waals surface area contributed by atoms with Crippen molar-refractivity contribution in [3.8, 4) is 0 Å². The van der Waals surface area contributed by atoms with Crippen LogP contribution in [0.25, 0.3) is 0 Å². The summed E-state index contributed by atoms with van der Waals surface area (Å²) < 4.78 is 28.0. The minimum Gasteiger partial charge on any atom is -0.244 e. The van der Waals surface area contributed by atoms with Gasteiger partial charge in [0.25, 0.3) is 0 Å². The molecule has 1 aliphatic rings. The molecule has 1 fully saturated rings. The molecule has 116 valence electrons. The van der Waals surface area contributed by atoms with Crippen molar-refractivity contribution in [2.45, 2.75) is 86.0 Å². The van der Waals surface area contributed by atoms with Crippen molar-refractivity contribution in [3.05, 3.63) is 0 Å². The summed E-state index contributed by atoms with van der Waals surface area (Å²) in [6.45, 7) is 11.8. The van der Waals surface area contributed by atoms with E-state index in [2.05, 4.69) is 6.92 Å². The van der Waals surface area contributed by atoms with Crippen LogP contribution in [0.15, 0.2) is 0 Å². The number of rotatable bonds is 5. The minimum absolute atomic E-state index is 0.0695. The molecule has 0 aromatic rings. The van der Waals surface area contributed by atoms with Gasteiger partial charge in [-0.15, -0.1) is 0 Å². The van der Waals surface area contributed by atoms with Crippen LogP contribution in [0.1, 0.15) is 73.6 Å². The first-order chi connectivity index (χ1) is 8.97. The molecule has 3 unspecified atom stereocenters. The van der Waals surface area contributed by atoms with Crippen LogP contribution in [0, 0.1) is 23.7 Å². The second-order valence-corrected chi connectivity index (χ2v) is 6.22. The largest absolute Gasteiger partial charge is 0.244 e. The first-order valence-corrected chi connectivity index (χ1v) is 8.25. The molecule has 3 atom stereocenters. The number of hydrogen-bond donors (Lipinski definition) is 0. The maximum Gasteiger partial charge on any atom is 0.134 e. The van der Waals surface area contributed by atoms with Crippen LogP contribution in [0.4, 0.5) is 8.78 Å². The smallest absolute Gasteiger partial charge is 0.134 e. The fourth-order valence-corrected chi connectivity index (χ4v) is 3.14. The summed E-state index contributed by atoms with van der Waals surface area (Å²) in [5, 5.41) is 0. The predicted octanol–water partition coefficient (Wildman–Crippen LogP) is 6.20. The Morgan fingerprint density at radius 1 is 0.947 bits per heavy atom. The summed E-state index contributed by atoms with van der Waals surface area (Å²) >= 11 is 0. The number of alkyl halides is 2. The molecule has 0 nitrogen and oxygen atoms in total. The van der Waals surface area contributed by atoms with E-state index in [1.165, 1.54) is 12.8 Å². The van der Waals surface area contributed by atoms with Gasteiger partial charge in [0.1, 0.15) is 12.3 Å². The molecule has 1 rings (SSSR count). The highest BCUT2D eigenvalue weighted by molar-refractivity contribution is 4.85. The summed E-state index contributed by atoms with van der Waals surface area (Å²) in [6.07, 6.45) is 2.76. The molecular formula is C17H34F2. The third kappa shape index (κ3) is 5.79. The van der Waals surface area contributed by atoms with Crippen LogP contribution in [0.2, 0.25) is 0 Å². The Kier molecular flexibility index (Phi) is 9.64. The highest BCUT2D eigenvalue weighted by Crippen LogP contribution is 2.38. The lowest BCUT2D eigenvalue weighted by Crippen LogP contribution is -2.35. The van der Waals surface area contributed by atoms with E-state index in [1.54, 1.807) is 13.8 Å². The Balaban J connectivity index is 0.00000154. The Bertz CT molecular complexity index is 207. The van der Waals surface area contributed by atoms with Crippen LogP contribution in [0.5, 0.6) is 0 Å². The molecule has 0 heterocycles. The Hall–Kier alpha value is -0.140. The Morgan fingerprint density at radius 3 is 1.79 bits per heavy atom. The summed E-state index contributed by atoms with van der Waals surface area (Å²) in [6, 6.07) is 0. The number of halogens is 2. The molecule has 0 bridgehead atoms. The third-order valence-corrected chi connectivity index (χ3v) is 4.49. The normalized spacial score (nSPS) is 28.3. The van der Waals surface area contributed by atoms with Gasteiger partial charge in [-0.2, -0.15) is 0 Å². The van der Waals surface area contributed by atoms with E-state index in [0.29, 0.717) is 5.92 Å². The molecule has 0 saturated heterocycles. The first kappa shape index (κ1) is 18.9. The summed E-state index contributed by atoms with van der Waals surface area (Å²) in [5.41, 5.74) is 0. The predicted molar refractivity (Wildman–Crippen MR) is 80.9 cm³/mol. The lowest BCUT2D eigenvalue weighted by atomic mass is 9.72. The van der Waals surface area contributed by atoms with Gasteiger partial charge in [0, 0.05) is 0 Å². The van der Waals surface area contributed by atoms with Gasteiger partial charge < -0.3 is 0 Å². The quantitative estimate of drug-likeness (QED) is 0.561. The van der Waals surface area contributed by atoms with Gasteiger partial charge in [0.2, 0.25) is 0 Å².